The Hall–Kier alpha value is -2.64. The number of aliphatic imine (C=N–C) groups is 1. The summed E-state index contributed by atoms with van der Waals surface area (Å²) in [6.45, 7) is 2.12. The predicted molar refractivity (Wildman–Crippen MR) is 107 cm³/mol. The molecule has 7 nitrogen and oxygen atoms in total. The molecule has 1 aliphatic rings. The number of likely N-dealkylation sites (tertiary alicyclic amines) is 1. The number of guanidine groups is 1. The molecule has 2 atom stereocenters. The number of nitrogens with two attached hydrogens (primary N) is 2. The molecule has 0 aliphatic carbocycles. The molecule has 1 amide bonds. The fourth-order valence-corrected chi connectivity index (χ4v) is 3.52. The number of carbonyl (C=O) groups excluding carboxylic acids is 1. The van der Waals surface area contributed by atoms with E-state index in [9.17, 15) is 9.90 Å². The molecule has 0 spiro atoms. The quantitative estimate of drug-likeness (QED) is 0.323. The zero-order valence-corrected chi connectivity index (χ0v) is 15.3. The Morgan fingerprint density at radius 1 is 1.22 bits per heavy atom. The van der Waals surface area contributed by atoms with E-state index in [0.717, 1.165) is 5.56 Å². The van der Waals surface area contributed by atoms with Gasteiger partial charge in [0.1, 0.15) is 0 Å². The molecular weight excluding hydrogens is 342 g/mol. The molecule has 6 N–H and O–H groups in total. The van der Waals surface area contributed by atoms with E-state index in [1.807, 2.05) is 17.0 Å². The van der Waals surface area contributed by atoms with Crippen molar-refractivity contribution in [2.24, 2.45) is 16.5 Å². The van der Waals surface area contributed by atoms with Crippen LogP contribution in [0, 0.1) is 0 Å². The zero-order chi connectivity index (χ0) is 19.2. The van der Waals surface area contributed by atoms with Gasteiger partial charge >= 0.3 is 0 Å². The minimum absolute atomic E-state index is 0.0572. The summed E-state index contributed by atoms with van der Waals surface area (Å²) in [6.07, 6.45) is 0.638. The van der Waals surface area contributed by atoms with Gasteiger partial charge in [0.2, 0.25) is 5.91 Å². The molecular formula is C20H27N5O2. The smallest absolute Gasteiger partial charge is 0.237 e. The van der Waals surface area contributed by atoms with Crippen molar-refractivity contribution in [1.29, 1.82) is 0 Å². The van der Waals surface area contributed by atoms with Crippen LogP contribution in [-0.4, -0.2) is 53.7 Å². The Labute approximate surface area is 159 Å². The largest absolute Gasteiger partial charge is 0.392 e. The highest BCUT2D eigenvalue weighted by molar-refractivity contribution is 5.83. The van der Waals surface area contributed by atoms with Crippen LogP contribution in [0.1, 0.15) is 18.4 Å². The molecule has 2 aromatic rings. The Morgan fingerprint density at radius 3 is 2.78 bits per heavy atom. The molecule has 144 valence electrons. The van der Waals surface area contributed by atoms with Crippen molar-refractivity contribution in [3.63, 3.8) is 0 Å². The van der Waals surface area contributed by atoms with Crippen molar-refractivity contribution in [2.45, 2.75) is 31.5 Å². The average Bonchev–Trinajstić information content (AvgIpc) is 3.01. The lowest BCUT2D eigenvalue weighted by Crippen LogP contribution is -2.43. The fraction of sp³-hybridized carbons (Fsp3) is 0.400. The van der Waals surface area contributed by atoms with Gasteiger partial charge in [-0.2, -0.15) is 0 Å². The number of nitrogens with one attached hydrogen (secondary N) is 1. The van der Waals surface area contributed by atoms with Crippen LogP contribution in [0.25, 0.3) is 10.8 Å². The number of nitrogens with zero attached hydrogens (tertiary/aromatic N) is 2. The second-order valence-electron chi connectivity index (χ2n) is 6.97. The highest BCUT2D eigenvalue weighted by atomic mass is 16.3. The van der Waals surface area contributed by atoms with Crippen LogP contribution in [0.3, 0.4) is 0 Å². The lowest BCUT2D eigenvalue weighted by Gasteiger charge is -2.23. The normalized spacial score (nSPS) is 19.9. The molecule has 1 heterocycles. The van der Waals surface area contributed by atoms with Crippen molar-refractivity contribution in [1.82, 2.24) is 10.2 Å². The van der Waals surface area contributed by atoms with Crippen molar-refractivity contribution in [3.05, 3.63) is 48.0 Å². The summed E-state index contributed by atoms with van der Waals surface area (Å²) in [5, 5.41) is 15.4. The first-order chi connectivity index (χ1) is 13.0. The minimum atomic E-state index is -0.483. The van der Waals surface area contributed by atoms with Gasteiger partial charge in [-0.05, 0) is 35.2 Å². The predicted octanol–water partition coefficient (Wildman–Crippen LogP) is 0.555. The van der Waals surface area contributed by atoms with E-state index in [-0.39, 0.29) is 17.9 Å². The zero-order valence-electron chi connectivity index (χ0n) is 15.3. The number of benzene rings is 2. The molecule has 1 saturated heterocycles. The van der Waals surface area contributed by atoms with E-state index >= 15 is 0 Å². The maximum atomic E-state index is 12.6. The first-order valence-corrected chi connectivity index (χ1v) is 9.26. The van der Waals surface area contributed by atoms with Gasteiger partial charge in [-0.3, -0.25) is 14.7 Å². The van der Waals surface area contributed by atoms with Gasteiger partial charge in [-0.15, -0.1) is 0 Å². The second kappa shape index (κ2) is 8.83. The third kappa shape index (κ3) is 5.18. The molecule has 2 aromatic carbocycles. The lowest BCUT2D eigenvalue weighted by atomic mass is 10.1. The van der Waals surface area contributed by atoms with E-state index in [1.165, 1.54) is 10.8 Å². The topological polar surface area (TPSA) is 117 Å². The molecule has 0 unspecified atom stereocenters. The Morgan fingerprint density at radius 2 is 2.00 bits per heavy atom. The van der Waals surface area contributed by atoms with Crippen molar-refractivity contribution < 1.29 is 9.90 Å². The summed E-state index contributed by atoms with van der Waals surface area (Å²) in [4.78, 5) is 18.5. The molecule has 1 fully saturated rings. The van der Waals surface area contributed by atoms with Crippen LogP contribution in [-0.2, 0) is 11.3 Å². The van der Waals surface area contributed by atoms with Crippen LogP contribution in [0.15, 0.2) is 47.5 Å². The summed E-state index contributed by atoms with van der Waals surface area (Å²) < 4.78 is 0. The van der Waals surface area contributed by atoms with Crippen LogP contribution < -0.4 is 16.8 Å². The first-order valence-electron chi connectivity index (χ1n) is 9.26. The maximum absolute atomic E-state index is 12.6. The monoisotopic (exact) mass is 369 g/mol. The highest BCUT2D eigenvalue weighted by Crippen LogP contribution is 2.23. The minimum Gasteiger partial charge on any atom is -0.392 e. The number of hydrogen-bond acceptors (Lipinski definition) is 4. The summed E-state index contributed by atoms with van der Waals surface area (Å²) in [7, 11) is 0. The summed E-state index contributed by atoms with van der Waals surface area (Å²) in [6, 6.07) is 14.2. The molecule has 27 heavy (non-hydrogen) atoms. The number of amides is 1. The third-order valence-electron chi connectivity index (χ3n) is 4.81. The SMILES string of the molecule is NC(N)=NCCCNC(=O)[C@@H]1C[C@H](O)CN1Cc1ccc2ccccc2c1. The van der Waals surface area contributed by atoms with Gasteiger partial charge in [-0.1, -0.05) is 36.4 Å². The van der Waals surface area contributed by atoms with Gasteiger partial charge < -0.3 is 21.9 Å². The van der Waals surface area contributed by atoms with Gasteiger partial charge in [0.05, 0.1) is 12.1 Å². The highest BCUT2D eigenvalue weighted by Gasteiger charge is 2.35. The number of β-amino-alcohol motifs (C(OH)–C–C–N with tert-alkyl or cyclic N) is 1. The first kappa shape index (κ1) is 19.1. The lowest BCUT2D eigenvalue weighted by molar-refractivity contribution is -0.125. The Balaban J connectivity index is 1.59. The van der Waals surface area contributed by atoms with Crippen LogP contribution >= 0.6 is 0 Å². The third-order valence-corrected chi connectivity index (χ3v) is 4.81. The average molecular weight is 369 g/mol. The van der Waals surface area contributed by atoms with Crippen molar-refractivity contribution in [2.75, 3.05) is 19.6 Å². The molecule has 0 bridgehead atoms. The van der Waals surface area contributed by atoms with E-state index < -0.39 is 6.10 Å². The Kier molecular flexibility index (Phi) is 6.26. The van der Waals surface area contributed by atoms with E-state index in [0.29, 0.717) is 39.0 Å². The number of rotatable bonds is 7. The van der Waals surface area contributed by atoms with Crippen LogP contribution in [0.5, 0.6) is 0 Å². The molecule has 0 radical (unpaired) electrons. The van der Waals surface area contributed by atoms with E-state index in [4.69, 9.17) is 11.5 Å². The number of hydrogen-bond donors (Lipinski definition) is 4. The summed E-state index contributed by atoms with van der Waals surface area (Å²) in [5.41, 5.74) is 11.7. The standard InChI is InChI=1S/C20H27N5O2/c21-20(22)24-9-3-8-23-19(27)18-11-17(26)13-25(18)12-14-6-7-15-4-1-2-5-16(15)10-14/h1-2,4-7,10,17-18,26H,3,8-9,11-13H2,(H,23,27)(H4,21,22,24)/t17-,18-/m0/s1. The fourth-order valence-electron chi connectivity index (χ4n) is 3.52. The van der Waals surface area contributed by atoms with Crippen molar-refractivity contribution >= 4 is 22.6 Å². The van der Waals surface area contributed by atoms with E-state index in [2.05, 4.69) is 40.6 Å². The summed E-state index contributed by atoms with van der Waals surface area (Å²) >= 11 is 0. The summed E-state index contributed by atoms with van der Waals surface area (Å²) in [5.74, 6) is -0.00107. The van der Waals surface area contributed by atoms with E-state index in [1.54, 1.807) is 0 Å². The molecule has 1 aliphatic heterocycles. The molecule has 0 aromatic heterocycles. The molecule has 0 saturated carbocycles. The van der Waals surface area contributed by atoms with Gasteiger partial charge in [0, 0.05) is 26.2 Å². The van der Waals surface area contributed by atoms with Gasteiger partial charge in [0.25, 0.3) is 0 Å². The molecule has 7 heteroatoms. The number of fused-ring (bicyclic) bond motifs is 1. The van der Waals surface area contributed by atoms with Crippen LogP contribution in [0.2, 0.25) is 0 Å². The second-order valence-corrected chi connectivity index (χ2v) is 6.97. The van der Waals surface area contributed by atoms with Crippen molar-refractivity contribution in [3.8, 4) is 0 Å². The number of aliphatic hydroxyl groups is 1. The van der Waals surface area contributed by atoms with Crippen LogP contribution in [0.4, 0.5) is 0 Å². The Bertz CT molecular complexity index is 819. The number of aliphatic hydroxyl groups excluding tert-OH is 1. The van der Waals surface area contributed by atoms with Gasteiger partial charge in [-0.25, -0.2) is 0 Å². The maximum Gasteiger partial charge on any atom is 0.237 e. The molecule has 3 rings (SSSR count). The number of carbonyl (C=O) groups is 1. The van der Waals surface area contributed by atoms with Gasteiger partial charge in [0.15, 0.2) is 5.96 Å².